The molecule has 7 nitrogen and oxygen atoms in total. The Kier molecular flexibility index (Phi) is 9.75. The first-order valence-electron chi connectivity index (χ1n) is 9.67. The number of rotatable bonds is 8. The van der Waals surface area contributed by atoms with Crippen LogP contribution in [0.3, 0.4) is 0 Å². The van der Waals surface area contributed by atoms with E-state index in [9.17, 15) is 13.2 Å². The Morgan fingerprint density at radius 1 is 1.06 bits per heavy atom. The van der Waals surface area contributed by atoms with Crippen LogP contribution in [0.1, 0.15) is 17.7 Å². The highest BCUT2D eigenvalue weighted by molar-refractivity contribution is 14.0. The van der Waals surface area contributed by atoms with Gasteiger partial charge in [-0.3, -0.25) is 4.99 Å². The highest BCUT2D eigenvalue weighted by atomic mass is 127. The maximum absolute atomic E-state index is 12.5. The molecule has 0 saturated carbocycles. The number of benzene rings is 1. The third kappa shape index (κ3) is 7.70. The summed E-state index contributed by atoms with van der Waals surface area (Å²) < 4.78 is 43.1. The first-order chi connectivity index (χ1) is 15.0. The van der Waals surface area contributed by atoms with E-state index in [1.807, 2.05) is 30.3 Å². The Labute approximate surface area is 201 Å². The van der Waals surface area contributed by atoms with Crippen molar-refractivity contribution in [3.05, 3.63) is 66.2 Å². The van der Waals surface area contributed by atoms with Crippen LogP contribution in [0, 0.1) is 0 Å². The standard InChI is InChI=1S/C21H23F3N6O.HI/c1-25-20(29-13-17-14-31-19(30-17)15-6-3-2-4-7-15)27-11-5-10-26-18-9-8-16(12-28-18)21(22,23)24;/h2-4,6-9,12,14H,5,10-11,13H2,1H3,(H,26,28)(H2,25,27,29);1H. The van der Waals surface area contributed by atoms with Gasteiger partial charge in [0.2, 0.25) is 5.89 Å². The summed E-state index contributed by atoms with van der Waals surface area (Å²) in [7, 11) is 1.66. The Hall–Kier alpha value is -2.83. The molecule has 3 rings (SSSR count). The van der Waals surface area contributed by atoms with E-state index in [0.717, 1.165) is 23.5 Å². The number of halogens is 4. The highest BCUT2D eigenvalue weighted by Gasteiger charge is 2.30. The van der Waals surface area contributed by atoms with Crippen LogP contribution in [0.5, 0.6) is 0 Å². The van der Waals surface area contributed by atoms with E-state index in [1.54, 1.807) is 13.3 Å². The van der Waals surface area contributed by atoms with Gasteiger partial charge in [0, 0.05) is 31.9 Å². The van der Waals surface area contributed by atoms with Gasteiger partial charge in [-0.1, -0.05) is 18.2 Å². The van der Waals surface area contributed by atoms with E-state index in [4.69, 9.17) is 4.42 Å². The molecule has 3 N–H and O–H groups in total. The predicted molar refractivity (Wildman–Crippen MR) is 128 cm³/mol. The lowest BCUT2D eigenvalue weighted by Crippen LogP contribution is -2.37. The lowest BCUT2D eigenvalue weighted by atomic mass is 10.2. The molecule has 1 aromatic carbocycles. The number of nitrogens with zero attached hydrogens (tertiary/aromatic N) is 3. The second kappa shape index (κ2) is 12.3. The Bertz CT molecular complexity index is 977. The SMILES string of the molecule is CN=C(NCCCNc1ccc(C(F)(F)F)cn1)NCc1coc(-c2ccccc2)n1.I. The number of guanidine groups is 1. The zero-order valence-corrected chi connectivity index (χ0v) is 19.6. The summed E-state index contributed by atoms with van der Waals surface area (Å²) in [5.41, 5.74) is 0.890. The maximum Gasteiger partial charge on any atom is 0.417 e. The zero-order chi connectivity index (χ0) is 22.1. The molecule has 0 unspecified atom stereocenters. The number of anilines is 1. The highest BCUT2D eigenvalue weighted by Crippen LogP contribution is 2.28. The van der Waals surface area contributed by atoms with E-state index < -0.39 is 11.7 Å². The third-order valence-corrected chi connectivity index (χ3v) is 4.28. The molecular formula is C21H24F3IN6O. The van der Waals surface area contributed by atoms with Gasteiger partial charge in [0.05, 0.1) is 17.8 Å². The van der Waals surface area contributed by atoms with Crippen molar-refractivity contribution in [3.8, 4) is 11.5 Å². The number of nitrogens with one attached hydrogen (secondary N) is 3. The number of oxazole rings is 1. The Morgan fingerprint density at radius 2 is 1.84 bits per heavy atom. The summed E-state index contributed by atoms with van der Waals surface area (Å²) in [5.74, 6) is 1.57. The molecule has 0 amide bonds. The smallest absolute Gasteiger partial charge is 0.417 e. The monoisotopic (exact) mass is 560 g/mol. The van der Waals surface area contributed by atoms with Crippen LogP contribution >= 0.6 is 24.0 Å². The van der Waals surface area contributed by atoms with E-state index in [-0.39, 0.29) is 24.0 Å². The molecule has 0 aliphatic heterocycles. The zero-order valence-electron chi connectivity index (χ0n) is 17.3. The van der Waals surface area contributed by atoms with E-state index in [1.165, 1.54) is 6.07 Å². The summed E-state index contributed by atoms with van der Waals surface area (Å²) in [6.07, 6.45) is -1.25. The molecule has 0 bridgehead atoms. The Balaban J connectivity index is 0.00000363. The van der Waals surface area contributed by atoms with Crippen molar-refractivity contribution >= 4 is 35.8 Å². The number of alkyl halides is 3. The van der Waals surface area contributed by atoms with Crippen molar-refractivity contribution in [1.82, 2.24) is 20.6 Å². The summed E-state index contributed by atoms with van der Waals surface area (Å²) in [4.78, 5) is 12.4. The van der Waals surface area contributed by atoms with Gasteiger partial charge in [-0.05, 0) is 30.7 Å². The number of aliphatic imine (C=N–C) groups is 1. The van der Waals surface area contributed by atoms with Crippen LogP contribution in [-0.2, 0) is 12.7 Å². The maximum atomic E-state index is 12.5. The largest absolute Gasteiger partial charge is 0.444 e. The number of hydrogen-bond acceptors (Lipinski definition) is 5. The molecule has 2 heterocycles. The van der Waals surface area contributed by atoms with Gasteiger partial charge in [-0.2, -0.15) is 13.2 Å². The fraction of sp³-hybridized carbons (Fsp3) is 0.286. The minimum Gasteiger partial charge on any atom is -0.444 e. The summed E-state index contributed by atoms with van der Waals surface area (Å²) >= 11 is 0. The van der Waals surface area contributed by atoms with Crippen LogP contribution in [0.25, 0.3) is 11.5 Å². The fourth-order valence-electron chi connectivity index (χ4n) is 2.67. The number of pyridine rings is 1. The molecule has 3 aromatic rings. The molecule has 0 atom stereocenters. The normalized spacial score (nSPS) is 11.6. The molecular weight excluding hydrogens is 536 g/mol. The predicted octanol–water partition coefficient (Wildman–Crippen LogP) is 4.54. The van der Waals surface area contributed by atoms with Gasteiger partial charge in [-0.15, -0.1) is 24.0 Å². The second-order valence-electron chi connectivity index (χ2n) is 6.57. The van der Waals surface area contributed by atoms with E-state index in [2.05, 4.69) is 30.9 Å². The summed E-state index contributed by atoms with van der Waals surface area (Å²) in [5, 5.41) is 9.31. The molecule has 0 fully saturated rings. The van der Waals surface area contributed by atoms with Crippen molar-refractivity contribution in [2.45, 2.75) is 19.1 Å². The molecule has 0 saturated heterocycles. The average molecular weight is 560 g/mol. The Morgan fingerprint density at radius 3 is 2.50 bits per heavy atom. The van der Waals surface area contributed by atoms with Crippen molar-refractivity contribution in [3.63, 3.8) is 0 Å². The molecule has 0 radical (unpaired) electrons. The molecule has 32 heavy (non-hydrogen) atoms. The van der Waals surface area contributed by atoms with E-state index >= 15 is 0 Å². The number of hydrogen-bond donors (Lipinski definition) is 3. The lowest BCUT2D eigenvalue weighted by Gasteiger charge is -2.11. The van der Waals surface area contributed by atoms with Gasteiger partial charge >= 0.3 is 6.18 Å². The molecule has 11 heteroatoms. The summed E-state index contributed by atoms with van der Waals surface area (Å²) in [6, 6.07) is 12.0. The van der Waals surface area contributed by atoms with Gasteiger partial charge < -0.3 is 20.4 Å². The molecule has 172 valence electrons. The average Bonchev–Trinajstić information content (AvgIpc) is 3.25. The van der Waals surface area contributed by atoms with Gasteiger partial charge in [0.25, 0.3) is 0 Å². The van der Waals surface area contributed by atoms with Crippen molar-refractivity contribution in [2.24, 2.45) is 4.99 Å². The minimum absolute atomic E-state index is 0. The number of aromatic nitrogens is 2. The van der Waals surface area contributed by atoms with Gasteiger partial charge in [-0.25, -0.2) is 9.97 Å². The van der Waals surface area contributed by atoms with Crippen LogP contribution < -0.4 is 16.0 Å². The molecule has 2 aromatic heterocycles. The quantitative estimate of drug-likeness (QED) is 0.162. The first kappa shape index (κ1) is 25.4. The molecule has 0 aliphatic carbocycles. The van der Waals surface area contributed by atoms with Crippen LogP contribution in [0.15, 0.2) is 64.3 Å². The molecule has 0 spiro atoms. The fourth-order valence-corrected chi connectivity index (χ4v) is 2.67. The van der Waals surface area contributed by atoms with Crippen LogP contribution in [-0.4, -0.2) is 36.1 Å². The second-order valence-corrected chi connectivity index (χ2v) is 6.57. The minimum atomic E-state index is -4.38. The third-order valence-electron chi connectivity index (χ3n) is 4.28. The van der Waals surface area contributed by atoms with Crippen LogP contribution in [0.2, 0.25) is 0 Å². The topological polar surface area (TPSA) is 87.4 Å². The van der Waals surface area contributed by atoms with Crippen LogP contribution in [0.4, 0.5) is 19.0 Å². The molecule has 0 aliphatic rings. The van der Waals surface area contributed by atoms with E-state index in [0.29, 0.717) is 43.7 Å². The summed E-state index contributed by atoms with van der Waals surface area (Å²) in [6.45, 7) is 1.61. The van der Waals surface area contributed by atoms with Crippen molar-refractivity contribution in [2.75, 3.05) is 25.5 Å². The van der Waals surface area contributed by atoms with Gasteiger partial charge in [0.1, 0.15) is 12.1 Å². The lowest BCUT2D eigenvalue weighted by molar-refractivity contribution is -0.137. The van der Waals surface area contributed by atoms with Crippen molar-refractivity contribution < 1.29 is 17.6 Å². The van der Waals surface area contributed by atoms with Gasteiger partial charge in [0.15, 0.2) is 5.96 Å². The first-order valence-corrected chi connectivity index (χ1v) is 9.67. The van der Waals surface area contributed by atoms with Crippen molar-refractivity contribution in [1.29, 1.82) is 0 Å².